The molecule has 3 rings (SSSR count). The Morgan fingerprint density at radius 3 is 2.67 bits per heavy atom. The van der Waals surface area contributed by atoms with Gasteiger partial charge in [0.15, 0.2) is 0 Å². The SMILES string of the molecule is NCc1nnc(-n2cc(-c3ccccc3)cn2)s1. The highest BCUT2D eigenvalue weighted by atomic mass is 32.1. The predicted octanol–water partition coefficient (Wildman–Crippen LogP) is 1.85. The molecule has 18 heavy (non-hydrogen) atoms. The van der Waals surface area contributed by atoms with Crippen molar-refractivity contribution in [2.45, 2.75) is 6.54 Å². The molecule has 0 spiro atoms. The van der Waals surface area contributed by atoms with Gasteiger partial charge in [-0.1, -0.05) is 41.7 Å². The Labute approximate surface area is 108 Å². The zero-order valence-corrected chi connectivity index (χ0v) is 10.3. The van der Waals surface area contributed by atoms with Crippen LogP contribution >= 0.6 is 11.3 Å². The first-order valence-electron chi connectivity index (χ1n) is 5.50. The standard InChI is InChI=1S/C12H11N5S/c13-6-11-15-16-12(18-11)17-8-10(7-14-17)9-4-2-1-3-5-9/h1-5,7-8H,6,13H2. The molecule has 2 heterocycles. The molecular formula is C12H11N5S. The van der Waals surface area contributed by atoms with Gasteiger partial charge in [0.25, 0.3) is 0 Å². The normalized spacial score (nSPS) is 10.7. The molecule has 0 aliphatic heterocycles. The first-order valence-corrected chi connectivity index (χ1v) is 6.31. The molecule has 2 aromatic heterocycles. The number of nitrogens with zero attached hydrogens (tertiary/aromatic N) is 4. The summed E-state index contributed by atoms with van der Waals surface area (Å²) in [7, 11) is 0. The van der Waals surface area contributed by atoms with Crippen LogP contribution in [0, 0.1) is 0 Å². The Hall–Kier alpha value is -2.05. The van der Waals surface area contributed by atoms with Crippen LogP contribution in [0.25, 0.3) is 16.3 Å². The topological polar surface area (TPSA) is 69.6 Å². The lowest BCUT2D eigenvalue weighted by molar-refractivity contribution is 0.838. The van der Waals surface area contributed by atoms with Gasteiger partial charge in [0.05, 0.1) is 6.20 Å². The number of hydrogen-bond donors (Lipinski definition) is 1. The van der Waals surface area contributed by atoms with Crippen molar-refractivity contribution in [1.82, 2.24) is 20.0 Å². The van der Waals surface area contributed by atoms with Crippen LogP contribution in [-0.2, 0) is 6.54 Å². The van der Waals surface area contributed by atoms with Crippen LogP contribution in [0.5, 0.6) is 0 Å². The molecule has 1 aromatic carbocycles. The van der Waals surface area contributed by atoms with Crippen LogP contribution in [0.1, 0.15) is 5.01 Å². The zero-order valence-electron chi connectivity index (χ0n) is 9.52. The van der Waals surface area contributed by atoms with Crippen molar-refractivity contribution < 1.29 is 0 Å². The van der Waals surface area contributed by atoms with E-state index in [0.717, 1.165) is 21.3 Å². The maximum Gasteiger partial charge on any atom is 0.232 e. The maximum absolute atomic E-state index is 5.52. The molecule has 0 saturated heterocycles. The minimum absolute atomic E-state index is 0.407. The molecule has 0 aliphatic carbocycles. The van der Waals surface area contributed by atoms with E-state index in [1.807, 2.05) is 42.7 Å². The summed E-state index contributed by atoms with van der Waals surface area (Å²) < 4.78 is 1.72. The molecule has 3 aromatic rings. The summed E-state index contributed by atoms with van der Waals surface area (Å²) in [5, 5.41) is 13.9. The van der Waals surface area contributed by atoms with Crippen LogP contribution in [0.15, 0.2) is 42.7 Å². The lowest BCUT2D eigenvalue weighted by Crippen LogP contribution is -1.94. The van der Waals surface area contributed by atoms with E-state index < -0.39 is 0 Å². The molecule has 90 valence electrons. The Morgan fingerprint density at radius 1 is 1.11 bits per heavy atom. The van der Waals surface area contributed by atoms with Gasteiger partial charge >= 0.3 is 0 Å². The second kappa shape index (κ2) is 4.67. The van der Waals surface area contributed by atoms with E-state index in [4.69, 9.17) is 5.73 Å². The summed E-state index contributed by atoms with van der Waals surface area (Å²) in [6.45, 7) is 0.407. The van der Waals surface area contributed by atoms with E-state index in [0.29, 0.717) is 6.54 Å². The Balaban J connectivity index is 1.94. The van der Waals surface area contributed by atoms with Gasteiger partial charge in [0, 0.05) is 18.3 Å². The fourth-order valence-corrected chi connectivity index (χ4v) is 2.28. The van der Waals surface area contributed by atoms with Gasteiger partial charge < -0.3 is 5.73 Å². The van der Waals surface area contributed by atoms with E-state index in [2.05, 4.69) is 15.3 Å². The minimum Gasteiger partial charge on any atom is -0.324 e. The third-order valence-electron chi connectivity index (χ3n) is 2.52. The molecule has 0 aliphatic rings. The second-order valence-corrected chi connectivity index (χ2v) is 4.76. The number of hydrogen-bond acceptors (Lipinski definition) is 5. The van der Waals surface area contributed by atoms with Gasteiger partial charge in [-0.2, -0.15) is 5.10 Å². The fourth-order valence-electron chi connectivity index (χ4n) is 1.63. The fraction of sp³-hybridized carbons (Fsp3) is 0.0833. The number of benzene rings is 1. The third kappa shape index (κ3) is 2.03. The van der Waals surface area contributed by atoms with E-state index in [-0.39, 0.29) is 0 Å². The van der Waals surface area contributed by atoms with Crippen LogP contribution in [0.3, 0.4) is 0 Å². The molecule has 2 N–H and O–H groups in total. The average Bonchev–Trinajstić information content (AvgIpc) is 3.08. The second-order valence-electron chi connectivity index (χ2n) is 3.72. The highest BCUT2D eigenvalue weighted by molar-refractivity contribution is 7.13. The van der Waals surface area contributed by atoms with Crippen LogP contribution in [0.4, 0.5) is 0 Å². The lowest BCUT2D eigenvalue weighted by Gasteiger charge is -1.94. The van der Waals surface area contributed by atoms with Crippen LogP contribution in [-0.4, -0.2) is 20.0 Å². The smallest absolute Gasteiger partial charge is 0.232 e. The van der Waals surface area contributed by atoms with Gasteiger partial charge in [-0.05, 0) is 5.56 Å². The number of nitrogens with two attached hydrogens (primary N) is 1. The summed E-state index contributed by atoms with van der Waals surface area (Å²) in [6.07, 6.45) is 3.76. The molecule has 0 fully saturated rings. The van der Waals surface area contributed by atoms with E-state index in [1.54, 1.807) is 4.68 Å². The Bertz CT molecular complexity index is 643. The number of aromatic nitrogens is 4. The maximum atomic E-state index is 5.52. The monoisotopic (exact) mass is 257 g/mol. The molecule has 0 radical (unpaired) electrons. The summed E-state index contributed by atoms with van der Waals surface area (Å²) in [4.78, 5) is 0. The highest BCUT2D eigenvalue weighted by Gasteiger charge is 2.07. The van der Waals surface area contributed by atoms with Gasteiger partial charge in [0.1, 0.15) is 5.01 Å². The van der Waals surface area contributed by atoms with Crippen molar-refractivity contribution in [2.75, 3.05) is 0 Å². The van der Waals surface area contributed by atoms with Gasteiger partial charge in [-0.25, -0.2) is 4.68 Å². The van der Waals surface area contributed by atoms with Crippen molar-refractivity contribution in [3.63, 3.8) is 0 Å². The molecule has 0 atom stereocenters. The van der Waals surface area contributed by atoms with Gasteiger partial charge in [-0.15, -0.1) is 10.2 Å². The van der Waals surface area contributed by atoms with E-state index >= 15 is 0 Å². The molecular weight excluding hydrogens is 246 g/mol. The van der Waals surface area contributed by atoms with E-state index in [1.165, 1.54) is 11.3 Å². The van der Waals surface area contributed by atoms with Crippen LogP contribution in [0.2, 0.25) is 0 Å². The van der Waals surface area contributed by atoms with Crippen molar-refractivity contribution in [1.29, 1.82) is 0 Å². The first kappa shape index (κ1) is 11.1. The zero-order chi connectivity index (χ0) is 12.4. The predicted molar refractivity (Wildman–Crippen MR) is 70.4 cm³/mol. The van der Waals surface area contributed by atoms with Crippen molar-refractivity contribution in [3.8, 4) is 16.3 Å². The molecule has 5 nitrogen and oxygen atoms in total. The minimum atomic E-state index is 0.407. The number of rotatable bonds is 3. The molecule has 0 amide bonds. The molecule has 0 unspecified atom stereocenters. The summed E-state index contributed by atoms with van der Waals surface area (Å²) in [6, 6.07) is 10.1. The molecule has 0 bridgehead atoms. The lowest BCUT2D eigenvalue weighted by atomic mass is 10.1. The Morgan fingerprint density at radius 2 is 1.94 bits per heavy atom. The Kier molecular flexibility index (Phi) is 2.87. The van der Waals surface area contributed by atoms with Crippen LogP contribution < -0.4 is 5.73 Å². The van der Waals surface area contributed by atoms with Crippen molar-refractivity contribution >= 4 is 11.3 Å². The summed E-state index contributed by atoms with van der Waals surface area (Å²) in [5.74, 6) is 0. The quantitative estimate of drug-likeness (QED) is 0.777. The third-order valence-corrected chi connectivity index (χ3v) is 3.45. The van der Waals surface area contributed by atoms with Crippen molar-refractivity contribution in [3.05, 3.63) is 47.7 Å². The van der Waals surface area contributed by atoms with Crippen molar-refractivity contribution in [2.24, 2.45) is 5.73 Å². The van der Waals surface area contributed by atoms with E-state index in [9.17, 15) is 0 Å². The summed E-state index contributed by atoms with van der Waals surface area (Å²) in [5.41, 5.74) is 7.70. The average molecular weight is 257 g/mol. The largest absolute Gasteiger partial charge is 0.324 e. The first-order chi connectivity index (χ1) is 8.86. The van der Waals surface area contributed by atoms with Gasteiger partial charge in [0.2, 0.25) is 5.13 Å². The van der Waals surface area contributed by atoms with Gasteiger partial charge in [-0.3, -0.25) is 0 Å². The summed E-state index contributed by atoms with van der Waals surface area (Å²) >= 11 is 1.45. The molecule has 0 saturated carbocycles. The molecule has 6 heteroatoms. The highest BCUT2D eigenvalue weighted by Crippen LogP contribution is 2.20.